The Morgan fingerprint density at radius 2 is 1.77 bits per heavy atom. The van der Waals surface area contributed by atoms with Gasteiger partial charge >= 0.3 is 6.09 Å². The minimum absolute atomic E-state index is 0.0820. The summed E-state index contributed by atoms with van der Waals surface area (Å²) in [6.07, 6.45) is 0.0910. The van der Waals surface area contributed by atoms with Crippen LogP contribution in [0, 0.1) is 0 Å². The molecule has 0 spiro atoms. The Hall–Kier alpha value is -2.64. The highest BCUT2D eigenvalue weighted by Crippen LogP contribution is 2.32. The van der Waals surface area contributed by atoms with Crippen LogP contribution in [0.25, 0.3) is 0 Å². The van der Waals surface area contributed by atoms with Crippen LogP contribution < -0.4 is 14.8 Å². The second-order valence-corrected chi connectivity index (χ2v) is 6.10. The smallest absolute Gasteiger partial charge is 0.409 e. The Kier molecular flexibility index (Phi) is 6.04. The fourth-order valence-corrected chi connectivity index (χ4v) is 2.98. The minimum atomic E-state index is -0.306. The fraction of sp³-hybridized carbons (Fsp3) is 0.556. The third-order valence-corrected chi connectivity index (χ3v) is 4.37. The van der Waals surface area contributed by atoms with Gasteiger partial charge in [0.2, 0.25) is 5.91 Å². The molecule has 0 radical (unpaired) electrons. The van der Waals surface area contributed by atoms with Crippen LogP contribution in [-0.2, 0) is 9.53 Å². The lowest BCUT2D eigenvalue weighted by Crippen LogP contribution is -2.50. The molecule has 0 unspecified atom stereocenters. The van der Waals surface area contributed by atoms with Gasteiger partial charge in [0.1, 0.15) is 13.2 Å². The Morgan fingerprint density at radius 3 is 2.50 bits per heavy atom. The van der Waals surface area contributed by atoms with Crippen LogP contribution >= 0.6 is 0 Å². The molecule has 1 fully saturated rings. The highest BCUT2D eigenvalue weighted by atomic mass is 16.6. The average Bonchev–Trinajstić information content (AvgIpc) is 2.68. The molecule has 1 saturated heterocycles. The zero-order valence-electron chi connectivity index (χ0n) is 15.0. The number of hydrogen-bond donors (Lipinski definition) is 1. The number of piperazine rings is 1. The first-order valence-electron chi connectivity index (χ1n) is 9.00. The van der Waals surface area contributed by atoms with Gasteiger partial charge in [0.25, 0.3) is 0 Å². The van der Waals surface area contributed by atoms with E-state index in [9.17, 15) is 9.59 Å². The monoisotopic (exact) mass is 363 g/mol. The standard InChI is InChI=1S/C18H25N3O5/c1-2-24-18(23)21-9-7-20(8-10-21)17(22)5-6-19-14-3-4-15-16(13-14)26-12-11-25-15/h3-4,13,19H,2,5-12H2,1H3. The molecule has 2 heterocycles. The van der Waals surface area contributed by atoms with Crippen LogP contribution in [0.15, 0.2) is 18.2 Å². The first kappa shape index (κ1) is 18.2. The third kappa shape index (κ3) is 4.50. The molecule has 8 nitrogen and oxygen atoms in total. The second kappa shape index (κ2) is 8.64. The van der Waals surface area contributed by atoms with Gasteiger partial charge < -0.3 is 29.3 Å². The molecule has 142 valence electrons. The minimum Gasteiger partial charge on any atom is -0.486 e. The van der Waals surface area contributed by atoms with E-state index in [1.165, 1.54) is 0 Å². The van der Waals surface area contributed by atoms with Crippen molar-refractivity contribution in [2.24, 2.45) is 0 Å². The van der Waals surface area contributed by atoms with Crippen LogP contribution in [0.4, 0.5) is 10.5 Å². The zero-order valence-corrected chi connectivity index (χ0v) is 15.0. The first-order valence-corrected chi connectivity index (χ1v) is 9.00. The molecule has 1 aromatic carbocycles. The molecule has 2 amide bonds. The van der Waals surface area contributed by atoms with Crippen LogP contribution in [0.2, 0.25) is 0 Å². The highest BCUT2D eigenvalue weighted by Gasteiger charge is 2.24. The molecule has 0 atom stereocenters. The van der Waals surface area contributed by atoms with Gasteiger partial charge in [0.05, 0.1) is 6.61 Å². The molecule has 0 aromatic heterocycles. The van der Waals surface area contributed by atoms with Crippen molar-refractivity contribution in [3.8, 4) is 11.5 Å². The summed E-state index contributed by atoms with van der Waals surface area (Å²) in [7, 11) is 0. The fourth-order valence-electron chi connectivity index (χ4n) is 2.98. The summed E-state index contributed by atoms with van der Waals surface area (Å²) >= 11 is 0. The second-order valence-electron chi connectivity index (χ2n) is 6.10. The number of fused-ring (bicyclic) bond motifs is 1. The molecule has 0 aliphatic carbocycles. The van der Waals surface area contributed by atoms with Crippen molar-refractivity contribution in [3.05, 3.63) is 18.2 Å². The molecule has 2 aliphatic rings. The summed E-state index contributed by atoms with van der Waals surface area (Å²) in [5, 5.41) is 3.24. The van der Waals surface area contributed by atoms with Gasteiger partial charge in [-0.1, -0.05) is 0 Å². The van der Waals surface area contributed by atoms with E-state index in [4.69, 9.17) is 14.2 Å². The maximum absolute atomic E-state index is 12.3. The number of hydrogen-bond acceptors (Lipinski definition) is 6. The van der Waals surface area contributed by atoms with Crippen molar-refractivity contribution < 1.29 is 23.8 Å². The van der Waals surface area contributed by atoms with Gasteiger partial charge in [-0.25, -0.2) is 4.79 Å². The summed E-state index contributed by atoms with van der Waals surface area (Å²) in [5.41, 5.74) is 0.897. The Bertz CT molecular complexity index is 644. The van der Waals surface area contributed by atoms with Crippen molar-refractivity contribution in [2.45, 2.75) is 13.3 Å². The Morgan fingerprint density at radius 1 is 1.08 bits per heavy atom. The molecular formula is C18H25N3O5. The molecule has 3 rings (SSSR count). The van der Waals surface area contributed by atoms with E-state index < -0.39 is 0 Å². The van der Waals surface area contributed by atoms with Crippen LogP contribution in [-0.4, -0.2) is 74.3 Å². The summed E-state index contributed by atoms with van der Waals surface area (Å²) < 4.78 is 16.0. The molecule has 0 saturated carbocycles. The van der Waals surface area contributed by atoms with E-state index in [0.29, 0.717) is 59.0 Å². The lowest BCUT2D eigenvalue weighted by atomic mass is 10.2. The molecule has 2 aliphatic heterocycles. The van der Waals surface area contributed by atoms with Crippen LogP contribution in [0.5, 0.6) is 11.5 Å². The Labute approximate surface area is 153 Å². The summed E-state index contributed by atoms with van der Waals surface area (Å²) in [4.78, 5) is 27.4. The number of nitrogens with zero attached hydrogens (tertiary/aromatic N) is 2. The van der Waals surface area contributed by atoms with E-state index in [2.05, 4.69) is 5.32 Å². The normalized spacial score (nSPS) is 16.2. The van der Waals surface area contributed by atoms with Gasteiger partial charge in [-0.15, -0.1) is 0 Å². The number of carbonyl (C=O) groups excluding carboxylic acids is 2. The van der Waals surface area contributed by atoms with Gasteiger partial charge in [-0.05, 0) is 19.1 Å². The van der Waals surface area contributed by atoms with Gasteiger partial charge in [-0.3, -0.25) is 4.79 Å². The summed E-state index contributed by atoms with van der Waals surface area (Å²) in [5.74, 6) is 1.55. The third-order valence-electron chi connectivity index (χ3n) is 4.37. The maximum Gasteiger partial charge on any atom is 0.409 e. The van der Waals surface area contributed by atoms with Gasteiger partial charge in [0, 0.05) is 50.9 Å². The largest absolute Gasteiger partial charge is 0.486 e. The number of carbonyl (C=O) groups is 2. The number of benzene rings is 1. The van der Waals surface area contributed by atoms with Crippen molar-refractivity contribution in [1.82, 2.24) is 9.80 Å². The molecule has 8 heteroatoms. The molecule has 1 aromatic rings. The van der Waals surface area contributed by atoms with Crippen molar-refractivity contribution in [3.63, 3.8) is 0 Å². The van der Waals surface area contributed by atoms with E-state index in [1.807, 2.05) is 18.2 Å². The predicted octanol–water partition coefficient (Wildman–Crippen LogP) is 1.56. The first-order chi connectivity index (χ1) is 12.7. The molecule has 26 heavy (non-hydrogen) atoms. The number of amides is 2. The Balaban J connectivity index is 1.40. The number of anilines is 1. The molecule has 1 N–H and O–H groups in total. The van der Waals surface area contributed by atoms with Crippen molar-refractivity contribution >= 4 is 17.7 Å². The number of nitrogens with one attached hydrogen (secondary N) is 1. The highest BCUT2D eigenvalue weighted by molar-refractivity contribution is 5.77. The molecular weight excluding hydrogens is 338 g/mol. The summed E-state index contributed by atoms with van der Waals surface area (Å²) in [6, 6.07) is 5.67. The zero-order chi connectivity index (χ0) is 18.4. The van der Waals surface area contributed by atoms with Crippen LogP contribution in [0.1, 0.15) is 13.3 Å². The predicted molar refractivity (Wildman–Crippen MR) is 95.7 cm³/mol. The number of rotatable bonds is 5. The van der Waals surface area contributed by atoms with Gasteiger partial charge in [0.15, 0.2) is 11.5 Å². The quantitative estimate of drug-likeness (QED) is 0.855. The van der Waals surface area contributed by atoms with Gasteiger partial charge in [-0.2, -0.15) is 0 Å². The lowest BCUT2D eigenvalue weighted by Gasteiger charge is -2.34. The van der Waals surface area contributed by atoms with E-state index >= 15 is 0 Å². The van der Waals surface area contributed by atoms with E-state index in [1.54, 1.807) is 16.7 Å². The van der Waals surface area contributed by atoms with E-state index in [-0.39, 0.29) is 12.0 Å². The van der Waals surface area contributed by atoms with Crippen LogP contribution in [0.3, 0.4) is 0 Å². The lowest BCUT2D eigenvalue weighted by molar-refractivity contribution is -0.132. The SMILES string of the molecule is CCOC(=O)N1CCN(C(=O)CCNc2ccc3c(c2)OCCO3)CC1. The van der Waals surface area contributed by atoms with E-state index in [0.717, 1.165) is 17.2 Å². The summed E-state index contributed by atoms with van der Waals surface area (Å²) in [6.45, 7) is 5.92. The average molecular weight is 363 g/mol. The molecule has 0 bridgehead atoms. The van der Waals surface area contributed by atoms with Crippen molar-refractivity contribution in [2.75, 3.05) is 57.9 Å². The van der Waals surface area contributed by atoms with Crippen molar-refractivity contribution in [1.29, 1.82) is 0 Å². The maximum atomic E-state index is 12.3. The number of ether oxygens (including phenoxy) is 3. The topological polar surface area (TPSA) is 80.3 Å².